The van der Waals surface area contributed by atoms with E-state index in [1.165, 1.54) is 31.3 Å². The van der Waals surface area contributed by atoms with Crippen LogP contribution in [0.4, 0.5) is 28.4 Å². The minimum atomic E-state index is -4.71. The van der Waals surface area contributed by atoms with Gasteiger partial charge in [0.2, 0.25) is 5.91 Å². The van der Waals surface area contributed by atoms with Gasteiger partial charge in [-0.1, -0.05) is 50.2 Å². The van der Waals surface area contributed by atoms with Crippen molar-refractivity contribution < 1.29 is 46.3 Å². The van der Waals surface area contributed by atoms with Gasteiger partial charge in [-0.25, -0.2) is 0 Å². The topological polar surface area (TPSA) is 176 Å². The van der Waals surface area contributed by atoms with Crippen molar-refractivity contribution in [2.75, 3.05) is 53.1 Å². The molecule has 0 bridgehead atoms. The number of para-hydroxylation sites is 2. The number of nitrogens with zero attached hydrogens (tertiary/aromatic N) is 3. The predicted molar refractivity (Wildman–Crippen MR) is 256 cm³/mol. The second kappa shape index (κ2) is 17.4. The van der Waals surface area contributed by atoms with E-state index in [4.69, 9.17) is 18.9 Å². The zero-order valence-electron chi connectivity index (χ0n) is 37.2. The summed E-state index contributed by atoms with van der Waals surface area (Å²) in [5, 5.41) is 4.86. The van der Waals surface area contributed by atoms with Gasteiger partial charge < -0.3 is 44.3 Å². The van der Waals surface area contributed by atoms with Crippen LogP contribution in [0.2, 0.25) is 0 Å². The number of hydrogen-bond donors (Lipinski definition) is 4. The van der Waals surface area contributed by atoms with Crippen LogP contribution in [0.25, 0.3) is 0 Å². The van der Waals surface area contributed by atoms with Gasteiger partial charge in [0.05, 0.1) is 48.8 Å². The van der Waals surface area contributed by atoms with E-state index in [2.05, 4.69) is 29.3 Å². The highest BCUT2D eigenvalue weighted by Gasteiger charge is 2.47. The molecule has 0 fully saturated rings. The molecular formula is C49H51N5O10S2. The van der Waals surface area contributed by atoms with Crippen LogP contribution in [-0.2, 0) is 41.0 Å². The Labute approximate surface area is 389 Å². The maximum Gasteiger partial charge on any atom is 0.288 e. The first-order valence-electron chi connectivity index (χ1n) is 21.6. The van der Waals surface area contributed by atoms with E-state index < -0.39 is 27.4 Å². The van der Waals surface area contributed by atoms with Gasteiger partial charge in [0.15, 0.2) is 28.4 Å². The van der Waals surface area contributed by atoms with Crippen molar-refractivity contribution in [2.24, 2.45) is 0 Å². The summed E-state index contributed by atoms with van der Waals surface area (Å²) in [4.78, 5) is 46.7. The highest BCUT2D eigenvalue weighted by molar-refractivity contribution is 7.86. The third-order valence-electron chi connectivity index (χ3n) is 12.6. The maximum atomic E-state index is 14.2. The zero-order valence-corrected chi connectivity index (χ0v) is 38.9. The third-order valence-corrected chi connectivity index (χ3v) is 13.9. The van der Waals surface area contributed by atoms with Crippen LogP contribution >= 0.6 is 12.6 Å². The summed E-state index contributed by atoms with van der Waals surface area (Å²) in [6, 6.07) is 26.2. The normalized spacial score (nSPS) is 18.3. The Morgan fingerprint density at radius 3 is 1.92 bits per heavy atom. The van der Waals surface area contributed by atoms with Crippen molar-refractivity contribution in [1.82, 2.24) is 0 Å². The van der Waals surface area contributed by atoms with Crippen molar-refractivity contribution in [2.45, 2.75) is 74.9 Å². The van der Waals surface area contributed by atoms with Crippen LogP contribution in [0.5, 0.6) is 23.0 Å². The predicted octanol–water partition coefficient (Wildman–Crippen LogP) is 7.52. The Hall–Kier alpha value is -6.43. The Morgan fingerprint density at radius 2 is 1.33 bits per heavy atom. The standard InChI is InChI=1S/C49H51N5O10S2/c1-49(2,65)15-14-45(55)52(3)32-17-28(26-63-43-23-36-34(21-41(43)61-4)47(56)53-33(25-50-36)19-30-10-6-8-12-38(30)53)16-29(18-32)27-64-44-24-37-35(22-42(44)62-5)48(57)54-39-13-9-7-11-31(39)20-40(54)46(51-37)66(58,59)60/h6-13,16-18,21-24,33,40,46,50-51,65H,14-15,19-20,25-27H2,1-5H3,(H,58,59,60)/t33-,40-,46?/m0/s1. The number of carbonyl (C=O) groups is 3. The van der Waals surface area contributed by atoms with Crippen molar-refractivity contribution in [1.29, 1.82) is 0 Å². The molecule has 3 atom stereocenters. The minimum Gasteiger partial charge on any atom is -0.493 e. The first-order valence-corrected chi connectivity index (χ1v) is 23.6. The number of carbonyl (C=O) groups excluding carboxylic acids is 3. The smallest absolute Gasteiger partial charge is 0.288 e. The molecule has 0 aromatic heterocycles. The van der Waals surface area contributed by atoms with E-state index in [1.807, 2.05) is 67.3 Å². The molecule has 0 saturated carbocycles. The number of benzene rings is 5. The fourth-order valence-corrected chi connectivity index (χ4v) is 10.3. The van der Waals surface area contributed by atoms with Crippen LogP contribution in [0.3, 0.4) is 0 Å². The first kappa shape index (κ1) is 44.8. The van der Waals surface area contributed by atoms with Crippen LogP contribution in [0.15, 0.2) is 91.0 Å². The lowest BCUT2D eigenvalue weighted by atomic mass is 10.1. The van der Waals surface area contributed by atoms with Gasteiger partial charge in [-0.2, -0.15) is 21.0 Å². The molecule has 4 aliphatic rings. The fraction of sp³-hybridized carbons (Fsp3) is 0.327. The third kappa shape index (κ3) is 8.58. The van der Waals surface area contributed by atoms with Gasteiger partial charge in [0, 0.05) is 54.0 Å². The lowest BCUT2D eigenvalue weighted by Gasteiger charge is -2.27. The Bertz CT molecular complexity index is 2880. The molecule has 1 unspecified atom stereocenters. The van der Waals surface area contributed by atoms with Gasteiger partial charge in [-0.3, -0.25) is 18.9 Å². The van der Waals surface area contributed by atoms with Crippen molar-refractivity contribution in [3.8, 4) is 23.0 Å². The molecule has 5 aromatic carbocycles. The number of methoxy groups -OCH3 is 2. The summed E-state index contributed by atoms with van der Waals surface area (Å²) in [5.74, 6) is 0.483. The molecule has 3 N–H and O–H groups in total. The molecule has 15 nitrogen and oxygen atoms in total. The van der Waals surface area contributed by atoms with Gasteiger partial charge in [0.25, 0.3) is 21.9 Å². The first-order chi connectivity index (χ1) is 31.5. The van der Waals surface area contributed by atoms with E-state index in [0.717, 1.165) is 23.2 Å². The number of fused-ring (bicyclic) bond motifs is 8. The molecule has 4 heterocycles. The molecule has 3 amide bonds. The maximum absolute atomic E-state index is 14.2. The van der Waals surface area contributed by atoms with E-state index >= 15 is 0 Å². The Morgan fingerprint density at radius 1 is 0.788 bits per heavy atom. The quantitative estimate of drug-likeness (QED) is 0.0676. The average molecular weight is 934 g/mol. The number of nitrogens with one attached hydrogen (secondary N) is 2. The van der Waals surface area contributed by atoms with Crippen molar-refractivity contribution >= 4 is 68.9 Å². The molecular weight excluding hydrogens is 883 g/mol. The molecule has 344 valence electrons. The summed E-state index contributed by atoms with van der Waals surface area (Å²) in [6.07, 6.45) is 1.77. The molecule has 5 aromatic rings. The van der Waals surface area contributed by atoms with E-state index in [-0.39, 0.29) is 71.4 Å². The summed E-state index contributed by atoms with van der Waals surface area (Å²) in [6.45, 7) is 4.45. The van der Waals surface area contributed by atoms with Crippen LogP contribution < -0.4 is 44.3 Å². The summed E-state index contributed by atoms with van der Waals surface area (Å²) < 4.78 is 60.2. The molecule has 0 saturated heterocycles. The highest BCUT2D eigenvalue weighted by Crippen LogP contribution is 2.44. The van der Waals surface area contributed by atoms with Crippen LogP contribution in [0, 0.1) is 0 Å². The van der Waals surface area contributed by atoms with Gasteiger partial charge in [-0.15, -0.1) is 0 Å². The Kier molecular flexibility index (Phi) is 11.8. The SMILES string of the molecule is COc1cc2c(cc1OCc1cc(COc3cc4c(cc3OC)C(=O)N3c5ccccc5C[C@H]3C(S(=O)(=O)O)N4)cc(N(C)C(=O)CCC(C)(C)S)c1)NC[C@@H]1Cc3ccccc3N1C2=O. The second-order valence-corrected chi connectivity index (χ2v) is 20.4. The number of rotatable bonds is 13. The van der Waals surface area contributed by atoms with Crippen LogP contribution in [-0.4, -0.2) is 80.7 Å². The summed E-state index contributed by atoms with van der Waals surface area (Å²) in [5.41, 5.74) is 6.67. The summed E-state index contributed by atoms with van der Waals surface area (Å²) in [7, 11) is -0.0545. The van der Waals surface area contributed by atoms with Crippen LogP contribution in [0.1, 0.15) is 69.7 Å². The fourth-order valence-electron chi connectivity index (χ4n) is 9.26. The highest BCUT2D eigenvalue weighted by atomic mass is 32.2. The Balaban J connectivity index is 1.01. The summed E-state index contributed by atoms with van der Waals surface area (Å²) >= 11 is 4.61. The van der Waals surface area contributed by atoms with Gasteiger partial charge in [-0.05, 0) is 84.0 Å². The molecule has 17 heteroatoms. The van der Waals surface area contributed by atoms with Gasteiger partial charge >= 0.3 is 0 Å². The number of anilines is 5. The number of thiol groups is 1. The molecule has 9 rings (SSSR count). The van der Waals surface area contributed by atoms with E-state index in [0.29, 0.717) is 58.2 Å². The van der Waals surface area contributed by atoms with Crippen molar-refractivity contribution in [3.05, 3.63) is 124 Å². The lowest BCUT2D eigenvalue weighted by Crippen LogP contribution is -2.49. The lowest BCUT2D eigenvalue weighted by molar-refractivity contribution is -0.118. The largest absolute Gasteiger partial charge is 0.493 e. The number of hydrogen-bond acceptors (Lipinski definition) is 12. The molecule has 66 heavy (non-hydrogen) atoms. The molecule has 0 radical (unpaired) electrons. The second-order valence-electron chi connectivity index (χ2n) is 17.6. The van der Waals surface area contributed by atoms with E-state index in [1.54, 1.807) is 36.2 Å². The van der Waals surface area contributed by atoms with E-state index in [9.17, 15) is 27.4 Å². The number of ether oxygens (including phenoxy) is 4. The molecule has 4 aliphatic heterocycles. The molecule has 0 aliphatic carbocycles. The average Bonchev–Trinajstić information content (AvgIpc) is 3.80. The number of amides is 3. The van der Waals surface area contributed by atoms with Gasteiger partial charge in [0.1, 0.15) is 13.2 Å². The molecule has 0 spiro atoms. The monoisotopic (exact) mass is 933 g/mol. The van der Waals surface area contributed by atoms with Crippen molar-refractivity contribution in [3.63, 3.8) is 0 Å². The minimum absolute atomic E-state index is 0.0454. The zero-order chi connectivity index (χ0) is 46.7.